The molecule has 7 nitrogen and oxygen atoms in total. The highest BCUT2D eigenvalue weighted by Gasteiger charge is 2.07. The second kappa shape index (κ2) is 5.43. The van der Waals surface area contributed by atoms with Crippen molar-refractivity contribution in [2.45, 2.75) is 13.0 Å². The highest BCUT2D eigenvalue weighted by atomic mass is 15.5. The Morgan fingerprint density at radius 1 is 1.25 bits per heavy atom. The van der Waals surface area contributed by atoms with Crippen LogP contribution < -0.4 is 5.32 Å². The average Bonchev–Trinajstić information content (AvgIpc) is 3.03. The van der Waals surface area contributed by atoms with E-state index in [1.54, 1.807) is 17.2 Å². The van der Waals surface area contributed by atoms with Crippen LogP contribution in [-0.2, 0) is 0 Å². The van der Waals surface area contributed by atoms with Gasteiger partial charge in [0, 0.05) is 6.20 Å². The summed E-state index contributed by atoms with van der Waals surface area (Å²) in [5.41, 5.74) is 2.04. The predicted octanol–water partition coefficient (Wildman–Crippen LogP) is 1.63. The lowest BCUT2D eigenvalue weighted by Crippen LogP contribution is -2.08. The van der Waals surface area contributed by atoms with Gasteiger partial charge in [0.15, 0.2) is 0 Å². The van der Waals surface area contributed by atoms with Crippen LogP contribution >= 0.6 is 0 Å². The van der Waals surface area contributed by atoms with Crippen LogP contribution in [0.25, 0.3) is 5.69 Å². The first-order valence-corrected chi connectivity index (χ1v) is 6.19. The van der Waals surface area contributed by atoms with Gasteiger partial charge in [0.25, 0.3) is 0 Å². The molecule has 0 aliphatic carbocycles. The summed E-state index contributed by atoms with van der Waals surface area (Å²) in [7, 11) is 0. The third kappa shape index (κ3) is 2.61. The van der Waals surface area contributed by atoms with E-state index in [-0.39, 0.29) is 6.04 Å². The average molecular weight is 267 g/mol. The summed E-state index contributed by atoms with van der Waals surface area (Å²) in [4.78, 5) is 8.05. The van der Waals surface area contributed by atoms with Crippen molar-refractivity contribution >= 4 is 5.82 Å². The Morgan fingerprint density at radius 3 is 2.95 bits per heavy atom. The maximum absolute atomic E-state index is 4.16. The molecule has 1 aromatic carbocycles. The van der Waals surface area contributed by atoms with Gasteiger partial charge in [0.1, 0.15) is 18.5 Å². The molecule has 2 aromatic heterocycles. The maximum atomic E-state index is 4.16. The molecule has 0 aliphatic heterocycles. The largest absolute Gasteiger partial charge is 0.363 e. The smallest absolute Gasteiger partial charge is 0.143 e. The molecule has 0 aliphatic rings. The first kappa shape index (κ1) is 12.2. The molecule has 1 N–H and O–H groups in total. The zero-order chi connectivity index (χ0) is 13.8. The summed E-state index contributed by atoms with van der Waals surface area (Å²) in [6.45, 7) is 2.07. The molecule has 0 spiro atoms. The van der Waals surface area contributed by atoms with E-state index in [0.29, 0.717) is 0 Å². The van der Waals surface area contributed by atoms with Gasteiger partial charge >= 0.3 is 0 Å². The molecule has 20 heavy (non-hydrogen) atoms. The minimum Gasteiger partial charge on any atom is -0.363 e. The third-order valence-corrected chi connectivity index (χ3v) is 2.93. The molecular formula is C13H13N7. The fourth-order valence-corrected chi connectivity index (χ4v) is 1.90. The van der Waals surface area contributed by atoms with Crippen molar-refractivity contribution < 1.29 is 0 Å². The van der Waals surface area contributed by atoms with Gasteiger partial charge in [-0.05, 0) is 41.1 Å². The molecule has 2 heterocycles. The van der Waals surface area contributed by atoms with Crippen LogP contribution in [0.15, 0.2) is 49.2 Å². The zero-order valence-corrected chi connectivity index (χ0v) is 10.9. The van der Waals surface area contributed by atoms with Crippen LogP contribution in [0.1, 0.15) is 18.5 Å². The molecular weight excluding hydrogens is 254 g/mol. The fraction of sp³-hybridized carbons (Fsp3) is 0.154. The molecule has 0 fully saturated rings. The molecule has 3 aromatic rings. The van der Waals surface area contributed by atoms with Crippen molar-refractivity contribution in [3.63, 3.8) is 0 Å². The van der Waals surface area contributed by atoms with Crippen molar-refractivity contribution in [1.82, 2.24) is 30.2 Å². The molecule has 0 saturated heterocycles. The van der Waals surface area contributed by atoms with E-state index in [1.807, 2.05) is 30.3 Å². The van der Waals surface area contributed by atoms with E-state index in [0.717, 1.165) is 17.1 Å². The molecule has 3 rings (SSSR count). The maximum Gasteiger partial charge on any atom is 0.143 e. The van der Waals surface area contributed by atoms with Gasteiger partial charge in [-0.1, -0.05) is 12.1 Å². The summed E-state index contributed by atoms with van der Waals surface area (Å²) in [6, 6.07) is 9.96. The number of tetrazole rings is 1. The van der Waals surface area contributed by atoms with Crippen LogP contribution in [0.4, 0.5) is 5.82 Å². The number of aromatic nitrogens is 6. The Kier molecular flexibility index (Phi) is 3.32. The summed E-state index contributed by atoms with van der Waals surface area (Å²) < 4.78 is 1.63. The van der Waals surface area contributed by atoms with Gasteiger partial charge < -0.3 is 5.32 Å². The fourth-order valence-electron chi connectivity index (χ4n) is 1.90. The lowest BCUT2D eigenvalue weighted by molar-refractivity contribution is 0.784. The summed E-state index contributed by atoms with van der Waals surface area (Å²) in [6.07, 6.45) is 4.80. The zero-order valence-electron chi connectivity index (χ0n) is 10.9. The van der Waals surface area contributed by atoms with Crippen LogP contribution in [0.5, 0.6) is 0 Å². The van der Waals surface area contributed by atoms with Crippen LogP contribution in [-0.4, -0.2) is 30.2 Å². The van der Waals surface area contributed by atoms with Crippen molar-refractivity contribution in [1.29, 1.82) is 0 Å². The highest BCUT2D eigenvalue weighted by molar-refractivity contribution is 5.40. The van der Waals surface area contributed by atoms with E-state index < -0.39 is 0 Å². The molecule has 0 radical (unpaired) electrons. The molecule has 7 heteroatoms. The van der Waals surface area contributed by atoms with Gasteiger partial charge in [-0.2, -0.15) is 0 Å². The van der Waals surface area contributed by atoms with Gasteiger partial charge in [-0.15, -0.1) is 5.10 Å². The first-order chi connectivity index (χ1) is 9.83. The van der Waals surface area contributed by atoms with Crippen LogP contribution in [0.2, 0.25) is 0 Å². The number of nitrogens with one attached hydrogen (secondary N) is 1. The molecule has 100 valence electrons. The van der Waals surface area contributed by atoms with E-state index in [4.69, 9.17) is 0 Å². The molecule has 1 unspecified atom stereocenters. The SMILES string of the molecule is CC(Nc1ccncn1)c1cccc(-n2cnnn2)c1. The molecule has 0 bridgehead atoms. The monoisotopic (exact) mass is 267 g/mol. The Labute approximate surface area is 115 Å². The van der Waals surface area contributed by atoms with Gasteiger partial charge in [-0.3, -0.25) is 0 Å². The predicted molar refractivity (Wildman–Crippen MR) is 73.2 cm³/mol. The van der Waals surface area contributed by atoms with Crippen molar-refractivity contribution in [2.75, 3.05) is 5.32 Å². The Hall–Kier alpha value is -2.83. The Bertz CT molecular complexity index is 666. The minimum absolute atomic E-state index is 0.112. The number of nitrogens with zero attached hydrogens (tertiary/aromatic N) is 6. The number of anilines is 1. The topological polar surface area (TPSA) is 81.4 Å². The minimum atomic E-state index is 0.112. The summed E-state index contributed by atoms with van der Waals surface area (Å²) in [5.74, 6) is 0.792. The lowest BCUT2D eigenvalue weighted by Gasteiger charge is -2.15. The van der Waals surface area contributed by atoms with Gasteiger partial charge in [-0.25, -0.2) is 14.6 Å². The molecule has 0 amide bonds. The quantitative estimate of drug-likeness (QED) is 0.773. The van der Waals surface area contributed by atoms with Gasteiger partial charge in [0.2, 0.25) is 0 Å². The van der Waals surface area contributed by atoms with E-state index >= 15 is 0 Å². The second-order valence-corrected chi connectivity index (χ2v) is 4.31. The number of benzene rings is 1. The second-order valence-electron chi connectivity index (χ2n) is 4.31. The first-order valence-electron chi connectivity index (χ1n) is 6.19. The van der Waals surface area contributed by atoms with E-state index in [2.05, 4.69) is 37.7 Å². The molecule has 1 atom stereocenters. The van der Waals surface area contributed by atoms with E-state index in [1.165, 1.54) is 6.33 Å². The van der Waals surface area contributed by atoms with Crippen LogP contribution in [0, 0.1) is 0 Å². The van der Waals surface area contributed by atoms with Crippen molar-refractivity contribution in [3.8, 4) is 5.69 Å². The number of hydrogen-bond donors (Lipinski definition) is 1. The lowest BCUT2D eigenvalue weighted by atomic mass is 10.1. The number of rotatable bonds is 4. The summed E-state index contributed by atoms with van der Waals surface area (Å²) >= 11 is 0. The van der Waals surface area contributed by atoms with Crippen LogP contribution in [0.3, 0.4) is 0 Å². The standard InChI is InChI=1S/C13H13N7/c1-10(17-13-5-6-14-8-15-13)11-3-2-4-12(7-11)20-9-16-18-19-20/h2-10H,1H3,(H,14,15,17). The van der Waals surface area contributed by atoms with E-state index in [9.17, 15) is 0 Å². The summed E-state index contributed by atoms with van der Waals surface area (Å²) in [5, 5.41) is 14.5. The third-order valence-electron chi connectivity index (χ3n) is 2.93. The van der Waals surface area contributed by atoms with Crippen molar-refractivity contribution in [2.24, 2.45) is 0 Å². The molecule has 0 saturated carbocycles. The Balaban J connectivity index is 1.82. The van der Waals surface area contributed by atoms with Crippen molar-refractivity contribution in [3.05, 3.63) is 54.7 Å². The highest BCUT2D eigenvalue weighted by Crippen LogP contribution is 2.19. The number of hydrogen-bond acceptors (Lipinski definition) is 6. The normalized spacial score (nSPS) is 12.1. The van der Waals surface area contributed by atoms with Gasteiger partial charge in [0.05, 0.1) is 11.7 Å². The Morgan fingerprint density at radius 2 is 2.20 bits per heavy atom.